The maximum absolute atomic E-state index is 12.4. The van der Waals surface area contributed by atoms with Crippen LogP contribution < -0.4 is 15.4 Å². The monoisotopic (exact) mass is 355 g/mol. The highest BCUT2D eigenvalue weighted by molar-refractivity contribution is 6.05. The fourth-order valence-electron chi connectivity index (χ4n) is 2.33. The smallest absolute Gasteiger partial charge is 0.255 e. The molecule has 0 fully saturated rings. The highest BCUT2D eigenvalue weighted by atomic mass is 16.5. The molecule has 0 aliphatic carbocycles. The normalized spacial score (nSPS) is 10.5. The Kier molecular flexibility index (Phi) is 7.17. The Morgan fingerprint density at radius 3 is 2.38 bits per heavy atom. The first-order chi connectivity index (χ1) is 12.5. The molecule has 0 radical (unpaired) electrons. The van der Waals surface area contributed by atoms with Gasteiger partial charge in [-0.15, -0.1) is 0 Å². The van der Waals surface area contributed by atoms with Gasteiger partial charge in [0.2, 0.25) is 0 Å². The quantitative estimate of drug-likeness (QED) is 0.764. The number of rotatable bonds is 8. The van der Waals surface area contributed by atoms with E-state index in [1.165, 1.54) is 0 Å². The maximum Gasteiger partial charge on any atom is 0.255 e. The van der Waals surface area contributed by atoms with E-state index in [0.717, 1.165) is 6.54 Å². The molecule has 0 saturated heterocycles. The molecule has 138 valence electrons. The van der Waals surface area contributed by atoms with Crippen LogP contribution in [0.25, 0.3) is 0 Å². The van der Waals surface area contributed by atoms with Crippen molar-refractivity contribution in [3.8, 4) is 5.75 Å². The summed E-state index contributed by atoms with van der Waals surface area (Å²) in [6, 6.07) is 13.9. The van der Waals surface area contributed by atoms with Crippen molar-refractivity contribution in [1.29, 1.82) is 0 Å². The Morgan fingerprint density at radius 1 is 1.00 bits per heavy atom. The van der Waals surface area contributed by atoms with Crippen molar-refractivity contribution >= 4 is 17.5 Å². The second-order valence-corrected chi connectivity index (χ2v) is 6.05. The Balaban J connectivity index is 2.02. The van der Waals surface area contributed by atoms with Crippen molar-refractivity contribution in [2.24, 2.45) is 0 Å². The molecule has 6 nitrogen and oxygen atoms in total. The summed E-state index contributed by atoms with van der Waals surface area (Å²) < 4.78 is 5.42. The summed E-state index contributed by atoms with van der Waals surface area (Å²) in [5, 5.41) is 5.67. The minimum Gasteiger partial charge on any atom is -0.494 e. The molecule has 2 rings (SSSR count). The van der Waals surface area contributed by atoms with Gasteiger partial charge in [0.05, 0.1) is 6.61 Å². The molecule has 2 amide bonds. The van der Waals surface area contributed by atoms with Crippen LogP contribution in [0.1, 0.15) is 27.6 Å². The molecule has 2 N–H and O–H groups in total. The van der Waals surface area contributed by atoms with Crippen LogP contribution in [-0.2, 0) is 0 Å². The van der Waals surface area contributed by atoms with E-state index in [1.807, 2.05) is 25.9 Å². The lowest BCUT2D eigenvalue weighted by atomic mass is 10.1. The zero-order valence-corrected chi connectivity index (χ0v) is 15.4. The van der Waals surface area contributed by atoms with Crippen LogP contribution in [-0.4, -0.2) is 50.5 Å². The topological polar surface area (TPSA) is 70.7 Å². The van der Waals surface area contributed by atoms with Crippen LogP contribution in [0.4, 0.5) is 5.69 Å². The number of hydrogen-bond acceptors (Lipinski definition) is 4. The molecule has 2 aromatic rings. The number of hydrogen-bond donors (Lipinski definition) is 2. The molecule has 0 atom stereocenters. The molecule has 0 aliphatic heterocycles. The van der Waals surface area contributed by atoms with Gasteiger partial charge in [-0.25, -0.2) is 0 Å². The lowest BCUT2D eigenvalue weighted by molar-refractivity contribution is 0.0949. The predicted octanol–water partition coefficient (Wildman–Crippen LogP) is 2.63. The summed E-state index contributed by atoms with van der Waals surface area (Å²) in [5.74, 6) is 0.229. The van der Waals surface area contributed by atoms with Crippen LogP contribution in [0.15, 0.2) is 48.5 Å². The van der Waals surface area contributed by atoms with Gasteiger partial charge in [0.1, 0.15) is 5.75 Å². The fraction of sp³-hybridized carbons (Fsp3) is 0.300. The van der Waals surface area contributed by atoms with Crippen LogP contribution >= 0.6 is 0 Å². The molecular formula is C20H25N3O3. The van der Waals surface area contributed by atoms with E-state index in [0.29, 0.717) is 35.7 Å². The average molecular weight is 355 g/mol. The van der Waals surface area contributed by atoms with Crippen molar-refractivity contribution in [2.75, 3.05) is 39.1 Å². The van der Waals surface area contributed by atoms with E-state index in [1.54, 1.807) is 48.5 Å². The number of nitrogens with zero attached hydrogens (tertiary/aromatic N) is 1. The van der Waals surface area contributed by atoms with E-state index in [9.17, 15) is 9.59 Å². The molecule has 0 aliphatic rings. The summed E-state index contributed by atoms with van der Waals surface area (Å²) >= 11 is 0. The zero-order valence-electron chi connectivity index (χ0n) is 15.4. The molecule has 2 aromatic carbocycles. The van der Waals surface area contributed by atoms with Gasteiger partial charge >= 0.3 is 0 Å². The van der Waals surface area contributed by atoms with E-state index in [4.69, 9.17) is 4.74 Å². The SMILES string of the molecule is CCOc1cccc(C(=O)Nc2cccc(C(=O)NCCN(C)C)c2)c1. The maximum atomic E-state index is 12.4. The lowest BCUT2D eigenvalue weighted by Gasteiger charge is -2.11. The van der Waals surface area contributed by atoms with Gasteiger partial charge in [0, 0.05) is 29.9 Å². The molecule has 26 heavy (non-hydrogen) atoms. The molecule has 0 aromatic heterocycles. The standard InChI is InChI=1S/C20H25N3O3/c1-4-26-18-10-6-8-16(14-18)20(25)22-17-9-5-7-15(13-17)19(24)21-11-12-23(2)3/h5-10,13-14H,4,11-12H2,1-3H3,(H,21,24)(H,22,25). The van der Waals surface area contributed by atoms with E-state index in [2.05, 4.69) is 10.6 Å². The highest BCUT2D eigenvalue weighted by Crippen LogP contribution is 2.16. The summed E-state index contributed by atoms with van der Waals surface area (Å²) in [5.41, 5.74) is 1.57. The third-order valence-electron chi connectivity index (χ3n) is 3.63. The second-order valence-electron chi connectivity index (χ2n) is 6.05. The van der Waals surface area contributed by atoms with Crippen LogP contribution in [0.3, 0.4) is 0 Å². The van der Waals surface area contributed by atoms with E-state index >= 15 is 0 Å². The van der Waals surface area contributed by atoms with Gasteiger partial charge < -0.3 is 20.3 Å². The first-order valence-corrected chi connectivity index (χ1v) is 8.57. The van der Waals surface area contributed by atoms with Gasteiger partial charge in [-0.3, -0.25) is 9.59 Å². The van der Waals surface area contributed by atoms with Gasteiger partial charge in [0.15, 0.2) is 0 Å². The molecular weight excluding hydrogens is 330 g/mol. The summed E-state index contributed by atoms with van der Waals surface area (Å²) in [6.07, 6.45) is 0. The Morgan fingerprint density at radius 2 is 1.69 bits per heavy atom. The third kappa shape index (κ3) is 5.89. The third-order valence-corrected chi connectivity index (χ3v) is 3.63. The molecule has 0 unspecified atom stereocenters. The van der Waals surface area contributed by atoms with Gasteiger partial charge in [-0.1, -0.05) is 12.1 Å². The molecule has 0 heterocycles. The number of ether oxygens (including phenoxy) is 1. The molecule has 0 saturated carbocycles. The first kappa shape index (κ1) is 19.5. The summed E-state index contributed by atoms with van der Waals surface area (Å²) in [4.78, 5) is 26.6. The Labute approximate surface area is 154 Å². The van der Waals surface area contributed by atoms with Crippen molar-refractivity contribution in [3.05, 3.63) is 59.7 Å². The predicted molar refractivity (Wildman–Crippen MR) is 103 cm³/mol. The van der Waals surface area contributed by atoms with E-state index < -0.39 is 0 Å². The zero-order chi connectivity index (χ0) is 18.9. The van der Waals surface area contributed by atoms with Gasteiger partial charge in [0.25, 0.3) is 11.8 Å². The van der Waals surface area contributed by atoms with Crippen molar-refractivity contribution in [3.63, 3.8) is 0 Å². The number of carbonyl (C=O) groups excluding carboxylic acids is 2. The number of nitrogens with one attached hydrogen (secondary N) is 2. The summed E-state index contributed by atoms with van der Waals surface area (Å²) in [6.45, 7) is 3.75. The summed E-state index contributed by atoms with van der Waals surface area (Å²) in [7, 11) is 3.89. The van der Waals surface area contributed by atoms with Gasteiger partial charge in [-0.2, -0.15) is 0 Å². The second kappa shape index (κ2) is 9.58. The molecule has 0 bridgehead atoms. The number of amides is 2. The largest absolute Gasteiger partial charge is 0.494 e. The highest BCUT2D eigenvalue weighted by Gasteiger charge is 2.10. The van der Waals surface area contributed by atoms with Gasteiger partial charge in [-0.05, 0) is 57.4 Å². The number of likely N-dealkylation sites (N-methyl/N-ethyl adjacent to an activating group) is 1. The number of benzene rings is 2. The van der Waals surface area contributed by atoms with Crippen molar-refractivity contribution < 1.29 is 14.3 Å². The first-order valence-electron chi connectivity index (χ1n) is 8.57. The molecule has 0 spiro atoms. The molecule has 6 heteroatoms. The minimum atomic E-state index is -0.253. The van der Waals surface area contributed by atoms with Crippen molar-refractivity contribution in [2.45, 2.75) is 6.92 Å². The number of anilines is 1. The van der Waals surface area contributed by atoms with Crippen LogP contribution in [0.5, 0.6) is 5.75 Å². The lowest BCUT2D eigenvalue weighted by Crippen LogP contribution is -2.31. The van der Waals surface area contributed by atoms with E-state index in [-0.39, 0.29) is 11.8 Å². The number of carbonyl (C=O) groups is 2. The average Bonchev–Trinajstić information content (AvgIpc) is 2.62. The van der Waals surface area contributed by atoms with Crippen LogP contribution in [0.2, 0.25) is 0 Å². The van der Waals surface area contributed by atoms with Crippen LogP contribution in [0, 0.1) is 0 Å². The Bertz CT molecular complexity index is 759. The minimum absolute atomic E-state index is 0.165. The van der Waals surface area contributed by atoms with Crippen molar-refractivity contribution in [1.82, 2.24) is 10.2 Å². The fourth-order valence-corrected chi connectivity index (χ4v) is 2.33. The Hall–Kier alpha value is -2.86.